The van der Waals surface area contributed by atoms with Crippen LogP contribution in [-0.4, -0.2) is 14.7 Å². The second-order valence-electron chi connectivity index (χ2n) is 5.48. The molecule has 0 aliphatic carbocycles. The maximum Gasteiger partial charge on any atom is 0.209 e. The van der Waals surface area contributed by atoms with Gasteiger partial charge in [-0.1, -0.05) is 39.0 Å². The Morgan fingerprint density at radius 2 is 1.82 bits per heavy atom. The molecule has 17 heavy (non-hydrogen) atoms. The molecule has 4 heteroatoms. The van der Waals surface area contributed by atoms with Crippen LogP contribution in [0.1, 0.15) is 37.5 Å². The van der Waals surface area contributed by atoms with Gasteiger partial charge in [-0.05, 0) is 29.0 Å². The molecule has 0 unspecified atom stereocenters. The number of rotatable bonds is 3. The summed E-state index contributed by atoms with van der Waals surface area (Å²) in [7, 11) is -3.13. The van der Waals surface area contributed by atoms with E-state index in [-0.39, 0.29) is 5.41 Å². The van der Waals surface area contributed by atoms with Crippen molar-refractivity contribution in [2.75, 3.05) is 6.26 Å². The van der Waals surface area contributed by atoms with Gasteiger partial charge in [-0.2, -0.15) is 0 Å². The average molecular weight is 255 g/mol. The first-order valence-corrected chi connectivity index (χ1v) is 7.53. The third kappa shape index (κ3) is 4.48. The maximum atomic E-state index is 11.0. The second-order valence-corrected chi connectivity index (χ2v) is 7.32. The standard InChI is InChI=1S/C13H21NO2S/c1-10-8-12(13(2,3)4)7-6-11(10)9-14-17(5,15)16/h6-8,14H,9H2,1-5H3. The zero-order valence-corrected chi connectivity index (χ0v) is 12.0. The smallest absolute Gasteiger partial charge is 0.209 e. The summed E-state index contributed by atoms with van der Waals surface area (Å²) in [5.74, 6) is 0. The molecule has 0 aromatic heterocycles. The Morgan fingerprint density at radius 3 is 2.24 bits per heavy atom. The van der Waals surface area contributed by atoms with E-state index in [0.29, 0.717) is 6.54 Å². The van der Waals surface area contributed by atoms with Gasteiger partial charge in [0, 0.05) is 6.54 Å². The minimum Gasteiger partial charge on any atom is -0.213 e. The van der Waals surface area contributed by atoms with Gasteiger partial charge in [0.15, 0.2) is 0 Å². The summed E-state index contributed by atoms with van der Waals surface area (Å²) in [4.78, 5) is 0. The summed E-state index contributed by atoms with van der Waals surface area (Å²) in [5, 5.41) is 0. The van der Waals surface area contributed by atoms with E-state index in [4.69, 9.17) is 0 Å². The zero-order valence-electron chi connectivity index (χ0n) is 11.2. The quantitative estimate of drug-likeness (QED) is 0.901. The Morgan fingerprint density at radius 1 is 1.24 bits per heavy atom. The minimum absolute atomic E-state index is 0.119. The highest BCUT2D eigenvalue weighted by molar-refractivity contribution is 7.88. The van der Waals surface area contributed by atoms with Gasteiger partial charge in [0.1, 0.15) is 0 Å². The molecule has 0 fully saturated rings. The van der Waals surface area contributed by atoms with Crippen LogP contribution in [0.15, 0.2) is 18.2 Å². The molecule has 1 rings (SSSR count). The molecule has 1 aromatic rings. The van der Waals surface area contributed by atoms with Gasteiger partial charge < -0.3 is 0 Å². The molecular weight excluding hydrogens is 234 g/mol. The van der Waals surface area contributed by atoms with Gasteiger partial charge >= 0.3 is 0 Å². The van der Waals surface area contributed by atoms with Crippen molar-refractivity contribution in [2.45, 2.75) is 39.7 Å². The van der Waals surface area contributed by atoms with E-state index in [9.17, 15) is 8.42 Å². The van der Waals surface area contributed by atoms with Gasteiger partial charge in [-0.15, -0.1) is 0 Å². The molecule has 0 radical (unpaired) electrons. The molecule has 0 saturated carbocycles. The number of sulfonamides is 1. The monoisotopic (exact) mass is 255 g/mol. The Hall–Kier alpha value is -0.870. The van der Waals surface area contributed by atoms with E-state index >= 15 is 0 Å². The van der Waals surface area contributed by atoms with Gasteiger partial charge in [0.05, 0.1) is 6.26 Å². The lowest BCUT2D eigenvalue weighted by Gasteiger charge is -2.20. The normalized spacial score (nSPS) is 12.8. The Balaban J connectivity index is 2.91. The third-order valence-corrected chi connectivity index (χ3v) is 3.40. The number of nitrogens with one attached hydrogen (secondary N) is 1. The molecule has 0 heterocycles. The lowest BCUT2D eigenvalue weighted by Crippen LogP contribution is -2.22. The van der Waals surface area contributed by atoms with Crippen LogP contribution in [0.4, 0.5) is 0 Å². The van der Waals surface area contributed by atoms with Crippen molar-refractivity contribution in [1.29, 1.82) is 0 Å². The lowest BCUT2D eigenvalue weighted by atomic mass is 9.85. The fraction of sp³-hybridized carbons (Fsp3) is 0.538. The van der Waals surface area contributed by atoms with Gasteiger partial charge in [-0.25, -0.2) is 13.1 Å². The maximum absolute atomic E-state index is 11.0. The summed E-state index contributed by atoms with van der Waals surface area (Å²) in [5.41, 5.74) is 3.52. The highest BCUT2D eigenvalue weighted by atomic mass is 32.2. The summed E-state index contributed by atoms with van der Waals surface area (Å²) < 4.78 is 24.6. The van der Waals surface area contributed by atoms with Crippen LogP contribution in [0.3, 0.4) is 0 Å². The van der Waals surface area contributed by atoms with Crippen molar-refractivity contribution in [3.8, 4) is 0 Å². The lowest BCUT2D eigenvalue weighted by molar-refractivity contribution is 0.584. The fourth-order valence-corrected chi connectivity index (χ4v) is 1.99. The van der Waals surface area contributed by atoms with Gasteiger partial charge in [-0.3, -0.25) is 0 Å². The van der Waals surface area contributed by atoms with Crippen molar-refractivity contribution >= 4 is 10.0 Å². The molecule has 0 aliphatic heterocycles. The molecule has 0 aliphatic rings. The Labute approximate surface area is 104 Å². The first-order chi connectivity index (χ1) is 7.59. The minimum atomic E-state index is -3.13. The first-order valence-electron chi connectivity index (χ1n) is 5.64. The number of benzene rings is 1. The second kappa shape index (κ2) is 4.78. The molecule has 0 saturated heterocycles. The molecule has 0 amide bonds. The van der Waals surface area contributed by atoms with Crippen molar-refractivity contribution in [3.05, 3.63) is 34.9 Å². The number of hydrogen-bond acceptors (Lipinski definition) is 2. The highest BCUT2D eigenvalue weighted by Gasteiger charge is 2.14. The summed E-state index contributed by atoms with van der Waals surface area (Å²) in [6.07, 6.45) is 1.17. The number of hydrogen-bond donors (Lipinski definition) is 1. The van der Waals surface area contributed by atoms with Crippen molar-refractivity contribution < 1.29 is 8.42 Å². The predicted molar refractivity (Wildman–Crippen MR) is 71.6 cm³/mol. The van der Waals surface area contributed by atoms with Crippen LogP contribution in [0.5, 0.6) is 0 Å². The molecule has 3 nitrogen and oxygen atoms in total. The Bertz CT molecular complexity index is 499. The van der Waals surface area contributed by atoms with Gasteiger partial charge in [0.25, 0.3) is 0 Å². The van der Waals surface area contributed by atoms with Gasteiger partial charge in [0.2, 0.25) is 10.0 Å². The highest BCUT2D eigenvalue weighted by Crippen LogP contribution is 2.24. The first kappa shape index (κ1) is 14.2. The average Bonchev–Trinajstić information content (AvgIpc) is 2.12. The topological polar surface area (TPSA) is 46.2 Å². The van der Waals surface area contributed by atoms with Crippen LogP contribution in [-0.2, 0) is 22.0 Å². The molecule has 1 N–H and O–H groups in total. The van der Waals surface area contributed by atoms with E-state index < -0.39 is 10.0 Å². The van der Waals surface area contributed by atoms with Crippen molar-refractivity contribution in [2.24, 2.45) is 0 Å². The molecule has 1 aromatic carbocycles. The van der Waals surface area contributed by atoms with Crippen LogP contribution >= 0.6 is 0 Å². The van der Waals surface area contributed by atoms with Crippen LogP contribution < -0.4 is 4.72 Å². The SMILES string of the molecule is Cc1cc(C(C)(C)C)ccc1CNS(C)(=O)=O. The number of aryl methyl sites for hydroxylation is 1. The summed E-state index contributed by atoms with van der Waals surface area (Å²) in [6.45, 7) is 8.85. The molecular formula is C13H21NO2S. The molecule has 96 valence electrons. The molecule has 0 bridgehead atoms. The van der Waals surface area contributed by atoms with Crippen LogP contribution in [0, 0.1) is 6.92 Å². The van der Waals surface area contributed by atoms with E-state index in [0.717, 1.165) is 11.1 Å². The Kier molecular flexibility index (Phi) is 3.99. The van der Waals surface area contributed by atoms with E-state index in [1.165, 1.54) is 11.8 Å². The van der Waals surface area contributed by atoms with Crippen LogP contribution in [0.25, 0.3) is 0 Å². The molecule has 0 atom stereocenters. The summed E-state index contributed by atoms with van der Waals surface area (Å²) in [6, 6.07) is 6.18. The van der Waals surface area contributed by atoms with Crippen LogP contribution in [0.2, 0.25) is 0 Å². The predicted octanol–water partition coefficient (Wildman–Crippen LogP) is 2.34. The zero-order chi connectivity index (χ0) is 13.3. The van der Waals surface area contributed by atoms with Crippen molar-refractivity contribution in [1.82, 2.24) is 4.72 Å². The fourth-order valence-electron chi connectivity index (χ4n) is 1.57. The molecule has 0 spiro atoms. The van der Waals surface area contributed by atoms with E-state index in [1.807, 2.05) is 13.0 Å². The third-order valence-electron chi connectivity index (χ3n) is 2.73. The van der Waals surface area contributed by atoms with E-state index in [2.05, 4.69) is 37.6 Å². The largest absolute Gasteiger partial charge is 0.213 e. The van der Waals surface area contributed by atoms with E-state index in [1.54, 1.807) is 0 Å². The van der Waals surface area contributed by atoms with Crippen molar-refractivity contribution in [3.63, 3.8) is 0 Å². The summed E-state index contributed by atoms with van der Waals surface area (Å²) >= 11 is 0.